The molecule has 1 unspecified atom stereocenters. The Bertz CT molecular complexity index is 585. The average Bonchev–Trinajstić information content (AvgIpc) is 3.06. The highest BCUT2D eigenvalue weighted by Crippen LogP contribution is 2.14. The summed E-state index contributed by atoms with van der Waals surface area (Å²) in [5.74, 6) is -0.0834. The second-order valence-corrected chi connectivity index (χ2v) is 5.77. The number of hydrogen-bond acceptors (Lipinski definition) is 5. The van der Waals surface area contributed by atoms with Crippen LogP contribution in [0.2, 0.25) is 0 Å². The van der Waals surface area contributed by atoms with E-state index >= 15 is 0 Å². The van der Waals surface area contributed by atoms with Gasteiger partial charge in [-0.1, -0.05) is 0 Å². The third-order valence-electron chi connectivity index (χ3n) is 4.00. The number of hydrogen-bond donors (Lipinski definition) is 2. The van der Waals surface area contributed by atoms with Gasteiger partial charge in [-0.15, -0.1) is 0 Å². The van der Waals surface area contributed by atoms with E-state index in [-0.39, 0.29) is 12.0 Å². The Morgan fingerprint density at radius 3 is 2.88 bits per heavy atom. The number of nitrogens with two attached hydrogens (primary N) is 1. The van der Waals surface area contributed by atoms with Gasteiger partial charge in [-0.3, -0.25) is 4.79 Å². The fraction of sp³-hybridized carbons (Fsp3) is 0.529. The number of amides is 2. The minimum absolute atomic E-state index is 0.0834. The molecular formula is C17H25N3O4. The lowest BCUT2D eigenvalue weighted by Crippen LogP contribution is -2.39. The van der Waals surface area contributed by atoms with Crippen LogP contribution in [0.1, 0.15) is 29.3 Å². The number of nitrogen functional groups attached to an aromatic ring is 1. The van der Waals surface area contributed by atoms with Crippen LogP contribution in [0.5, 0.6) is 0 Å². The maximum atomic E-state index is 12.5. The van der Waals surface area contributed by atoms with Gasteiger partial charge in [0.05, 0.1) is 13.2 Å². The fourth-order valence-electron chi connectivity index (χ4n) is 2.49. The van der Waals surface area contributed by atoms with Crippen LogP contribution >= 0.6 is 0 Å². The number of aryl methyl sites for hydroxylation is 1. The first-order chi connectivity index (χ1) is 11.5. The number of benzene rings is 1. The Labute approximate surface area is 142 Å². The van der Waals surface area contributed by atoms with E-state index < -0.39 is 6.09 Å². The number of anilines is 1. The fourth-order valence-corrected chi connectivity index (χ4v) is 2.49. The molecule has 3 N–H and O–H groups in total. The number of carbonyl (C=O) groups excluding carboxylic acids is 2. The number of likely N-dealkylation sites (N-methyl/N-ethyl adjacent to an activating group) is 1. The van der Waals surface area contributed by atoms with Crippen molar-refractivity contribution in [2.24, 2.45) is 0 Å². The summed E-state index contributed by atoms with van der Waals surface area (Å²) >= 11 is 0. The van der Waals surface area contributed by atoms with E-state index in [9.17, 15) is 9.59 Å². The van der Waals surface area contributed by atoms with Crippen molar-refractivity contribution < 1.29 is 19.1 Å². The van der Waals surface area contributed by atoms with Crippen molar-refractivity contribution in [2.45, 2.75) is 26.4 Å². The Morgan fingerprint density at radius 1 is 1.46 bits per heavy atom. The Hall–Kier alpha value is -2.28. The third kappa shape index (κ3) is 4.86. The summed E-state index contributed by atoms with van der Waals surface area (Å²) < 4.78 is 10.4. The normalized spacial score (nSPS) is 16.7. The van der Waals surface area contributed by atoms with Crippen molar-refractivity contribution in [3.63, 3.8) is 0 Å². The molecule has 2 rings (SSSR count). The van der Waals surface area contributed by atoms with E-state index in [2.05, 4.69) is 5.32 Å². The molecule has 0 aliphatic carbocycles. The third-order valence-corrected chi connectivity index (χ3v) is 4.00. The highest BCUT2D eigenvalue weighted by molar-refractivity contribution is 5.94. The smallest absolute Gasteiger partial charge is 0.407 e. The quantitative estimate of drug-likeness (QED) is 0.769. The molecule has 7 heteroatoms. The van der Waals surface area contributed by atoms with E-state index in [0.29, 0.717) is 44.1 Å². The van der Waals surface area contributed by atoms with Crippen molar-refractivity contribution in [2.75, 3.05) is 38.6 Å². The van der Waals surface area contributed by atoms with Gasteiger partial charge < -0.3 is 25.4 Å². The largest absolute Gasteiger partial charge is 0.444 e. The zero-order valence-electron chi connectivity index (χ0n) is 14.2. The predicted molar refractivity (Wildman–Crippen MR) is 90.9 cm³/mol. The van der Waals surface area contributed by atoms with Crippen molar-refractivity contribution in [3.8, 4) is 0 Å². The topological polar surface area (TPSA) is 93.9 Å². The molecule has 0 radical (unpaired) electrons. The van der Waals surface area contributed by atoms with Crippen LogP contribution < -0.4 is 11.1 Å². The summed E-state index contributed by atoms with van der Waals surface area (Å²) in [7, 11) is 0. The highest BCUT2D eigenvalue weighted by atomic mass is 16.6. The van der Waals surface area contributed by atoms with Gasteiger partial charge in [0.15, 0.2) is 0 Å². The van der Waals surface area contributed by atoms with E-state index in [4.69, 9.17) is 15.2 Å². The molecule has 0 spiro atoms. The van der Waals surface area contributed by atoms with E-state index in [0.717, 1.165) is 12.0 Å². The van der Waals surface area contributed by atoms with Gasteiger partial charge in [0.1, 0.15) is 6.10 Å². The maximum Gasteiger partial charge on any atom is 0.407 e. The number of rotatable bonds is 6. The lowest BCUT2D eigenvalue weighted by atomic mass is 10.1. The number of nitrogens with zero attached hydrogens (tertiary/aromatic N) is 1. The zero-order chi connectivity index (χ0) is 17.5. The molecule has 1 atom stereocenters. The second-order valence-electron chi connectivity index (χ2n) is 5.77. The van der Waals surface area contributed by atoms with E-state index in [1.807, 2.05) is 13.8 Å². The SMILES string of the molecule is CCN(CCNC(=O)OC1CCOC1)C(=O)c1ccc(N)c(C)c1. The monoisotopic (exact) mass is 335 g/mol. The second kappa shape index (κ2) is 8.54. The molecule has 1 aliphatic rings. The van der Waals surface area contributed by atoms with E-state index in [1.54, 1.807) is 23.1 Å². The lowest BCUT2D eigenvalue weighted by Gasteiger charge is -2.21. The number of ether oxygens (including phenoxy) is 2. The van der Waals surface area contributed by atoms with Crippen molar-refractivity contribution in [1.82, 2.24) is 10.2 Å². The molecule has 0 bridgehead atoms. The molecule has 2 amide bonds. The standard InChI is InChI=1S/C17H25N3O4/c1-3-20(16(21)13-4-5-15(18)12(2)10-13)8-7-19-17(22)24-14-6-9-23-11-14/h4-5,10,14H,3,6-9,11,18H2,1-2H3,(H,19,22). The van der Waals surface area contributed by atoms with Crippen molar-refractivity contribution in [3.05, 3.63) is 29.3 Å². The van der Waals surface area contributed by atoms with Crippen LogP contribution in [0, 0.1) is 6.92 Å². The number of nitrogens with one attached hydrogen (secondary N) is 1. The van der Waals surface area contributed by atoms with Crippen molar-refractivity contribution in [1.29, 1.82) is 0 Å². The maximum absolute atomic E-state index is 12.5. The Kier molecular flexibility index (Phi) is 6.43. The molecule has 1 aromatic carbocycles. The van der Waals surface area contributed by atoms with Gasteiger partial charge in [0.25, 0.3) is 5.91 Å². The van der Waals surface area contributed by atoms with Gasteiger partial charge in [0, 0.05) is 37.3 Å². The van der Waals surface area contributed by atoms with Crippen LogP contribution in [0.4, 0.5) is 10.5 Å². The first-order valence-corrected chi connectivity index (χ1v) is 8.19. The molecule has 0 aromatic heterocycles. The summed E-state index contributed by atoms with van der Waals surface area (Å²) in [6.07, 6.45) is 0.0766. The summed E-state index contributed by atoms with van der Waals surface area (Å²) in [6, 6.07) is 5.23. The zero-order valence-corrected chi connectivity index (χ0v) is 14.2. The molecule has 1 aliphatic heterocycles. The van der Waals surface area contributed by atoms with Gasteiger partial charge in [0.2, 0.25) is 0 Å². The van der Waals surface area contributed by atoms with Crippen molar-refractivity contribution >= 4 is 17.7 Å². The molecule has 24 heavy (non-hydrogen) atoms. The molecule has 1 aromatic rings. The first-order valence-electron chi connectivity index (χ1n) is 8.19. The van der Waals surface area contributed by atoms with Crippen LogP contribution in [0.15, 0.2) is 18.2 Å². The van der Waals surface area contributed by atoms with Gasteiger partial charge in [-0.25, -0.2) is 4.79 Å². The van der Waals surface area contributed by atoms with Crippen LogP contribution in [-0.4, -0.2) is 55.9 Å². The number of alkyl carbamates (subject to hydrolysis) is 1. The molecule has 1 saturated heterocycles. The molecule has 132 valence electrons. The Morgan fingerprint density at radius 2 is 2.25 bits per heavy atom. The summed E-state index contributed by atoms with van der Waals surface area (Å²) in [5, 5.41) is 2.67. The summed E-state index contributed by atoms with van der Waals surface area (Å²) in [6.45, 7) is 6.13. The van der Waals surface area contributed by atoms with Crippen LogP contribution in [-0.2, 0) is 9.47 Å². The molecule has 0 saturated carbocycles. The first kappa shape index (κ1) is 18.1. The average molecular weight is 335 g/mol. The molecule has 1 fully saturated rings. The summed E-state index contributed by atoms with van der Waals surface area (Å²) in [5.41, 5.74) is 7.91. The van der Waals surface area contributed by atoms with Crippen LogP contribution in [0.25, 0.3) is 0 Å². The Balaban J connectivity index is 1.81. The van der Waals surface area contributed by atoms with E-state index in [1.165, 1.54) is 0 Å². The minimum atomic E-state index is -0.475. The molecule has 7 nitrogen and oxygen atoms in total. The van der Waals surface area contributed by atoms with Gasteiger partial charge in [-0.2, -0.15) is 0 Å². The van der Waals surface area contributed by atoms with Gasteiger partial charge >= 0.3 is 6.09 Å². The number of carbonyl (C=O) groups is 2. The molecule has 1 heterocycles. The lowest BCUT2D eigenvalue weighted by molar-refractivity contribution is 0.0738. The van der Waals surface area contributed by atoms with Gasteiger partial charge in [-0.05, 0) is 37.6 Å². The summed E-state index contributed by atoms with van der Waals surface area (Å²) in [4.78, 5) is 25.9. The molecular weight excluding hydrogens is 310 g/mol. The highest BCUT2D eigenvalue weighted by Gasteiger charge is 2.20. The predicted octanol–water partition coefficient (Wildman–Crippen LogP) is 1.55. The minimum Gasteiger partial charge on any atom is -0.444 e. The van der Waals surface area contributed by atoms with Crippen LogP contribution in [0.3, 0.4) is 0 Å².